The fourth-order valence-electron chi connectivity index (χ4n) is 5.39. The number of carbonyl (C=O) groups is 1. The highest BCUT2D eigenvalue weighted by Crippen LogP contribution is 2.16. The number of pyridine rings is 1. The average Bonchev–Trinajstić information content (AvgIpc) is 2.95. The van der Waals surface area contributed by atoms with E-state index in [1.165, 1.54) is 83.5 Å². The highest BCUT2D eigenvalue weighted by atomic mass is 32.2. The molecule has 0 radical (unpaired) electrons. The summed E-state index contributed by atoms with van der Waals surface area (Å²) in [6.45, 7) is 9.61. The predicted molar refractivity (Wildman–Crippen MR) is 170 cm³/mol. The zero-order valence-corrected chi connectivity index (χ0v) is 27.1. The minimum atomic E-state index is -3.28. The number of amides is 1. The molecular weight excluding hydrogens is 536 g/mol. The molecule has 1 aromatic rings. The first-order valence-corrected chi connectivity index (χ1v) is 18.2. The number of nitrogens with zero attached hydrogens (tertiary/aromatic N) is 3. The van der Waals surface area contributed by atoms with E-state index in [1.807, 2.05) is 12.1 Å². The van der Waals surface area contributed by atoms with Crippen molar-refractivity contribution in [1.82, 2.24) is 15.2 Å². The lowest BCUT2D eigenvalue weighted by Crippen LogP contribution is -2.49. The minimum Gasteiger partial charge on any atom is -0.354 e. The smallest absolute Gasteiger partial charge is 0.264 e. The molecule has 41 heavy (non-hydrogen) atoms. The van der Waals surface area contributed by atoms with Gasteiger partial charge in [0, 0.05) is 45.0 Å². The number of carbonyl (C=O) groups excluding carboxylic acids is 1. The van der Waals surface area contributed by atoms with Gasteiger partial charge in [-0.15, -0.1) is 0 Å². The molecule has 1 aromatic heterocycles. The molecule has 9 heteroatoms. The molecule has 236 valence electrons. The number of unbranched alkanes of at least 4 members (excludes halogenated alkanes) is 15. The Morgan fingerprint density at radius 2 is 1.29 bits per heavy atom. The highest BCUT2D eigenvalue weighted by Gasteiger charge is 2.19. The van der Waals surface area contributed by atoms with E-state index in [0.717, 1.165) is 64.1 Å². The quantitative estimate of drug-likeness (QED) is 0.113. The Labute approximate surface area is 251 Å². The van der Waals surface area contributed by atoms with Gasteiger partial charge < -0.3 is 10.2 Å². The predicted octanol–water partition coefficient (Wildman–Crippen LogP) is 6.56. The molecule has 1 aliphatic rings. The Hall–Kier alpha value is -1.71. The summed E-state index contributed by atoms with van der Waals surface area (Å²) in [5.74, 6) is 0.941. The summed E-state index contributed by atoms with van der Waals surface area (Å²) < 4.78 is 26.5. The van der Waals surface area contributed by atoms with Crippen LogP contribution < -0.4 is 10.2 Å². The van der Waals surface area contributed by atoms with Gasteiger partial charge in [0.1, 0.15) is 5.82 Å². The molecule has 2 rings (SSSR count). The van der Waals surface area contributed by atoms with Gasteiger partial charge in [-0.1, -0.05) is 89.9 Å². The van der Waals surface area contributed by atoms with E-state index in [0.29, 0.717) is 18.2 Å². The first kappa shape index (κ1) is 35.5. The summed E-state index contributed by atoms with van der Waals surface area (Å²) in [5, 5.41) is 3.05. The van der Waals surface area contributed by atoms with Crippen LogP contribution in [0.2, 0.25) is 0 Å². The molecule has 1 aliphatic heterocycles. The number of anilines is 1. The second-order valence-corrected chi connectivity index (χ2v) is 13.6. The van der Waals surface area contributed by atoms with Crippen LogP contribution in [0, 0.1) is 0 Å². The Kier molecular flexibility index (Phi) is 18.2. The van der Waals surface area contributed by atoms with Crippen LogP contribution >= 0.6 is 0 Å². The van der Waals surface area contributed by atoms with Crippen LogP contribution in [0.3, 0.4) is 0 Å². The van der Waals surface area contributed by atoms with Crippen molar-refractivity contribution in [3.8, 4) is 0 Å². The molecule has 1 fully saturated rings. The number of hydrogen-bond donors (Lipinski definition) is 1. The van der Waals surface area contributed by atoms with Crippen LogP contribution in [0.4, 0.5) is 5.82 Å². The van der Waals surface area contributed by atoms with E-state index in [9.17, 15) is 13.2 Å². The van der Waals surface area contributed by atoms with E-state index < -0.39 is 10.1 Å². The summed E-state index contributed by atoms with van der Waals surface area (Å²) in [7, 11) is -3.28. The van der Waals surface area contributed by atoms with Crippen molar-refractivity contribution in [3.63, 3.8) is 0 Å². The van der Waals surface area contributed by atoms with Gasteiger partial charge in [-0.25, -0.2) is 4.98 Å². The maximum atomic E-state index is 12.5. The Bertz CT molecular complexity index is 916. The summed E-state index contributed by atoms with van der Waals surface area (Å²) in [5.41, 5.74) is 0.643. The molecule has 0 atom stereocenters. The van der Waals surface area contributed by atoms with Crippen LogP contribution in [0.5, 0.6) is 0 Å². The van der Waals surface area contributed by atoms with E-state index in [1.54, 1.807) is 6.20 Å². The van der Waals surface area contributed by atoms with Crippen molar-refractivity contribution in [3.05, 3.63) is 23.9 Å². The normalized spacial score (nSPS) is 14.6. The number of hydrogen-bond acceptors (Lipinski definition) is 7. The second-order valence-electron chi connectivity index (χ2n) is 12.0. The van der Waals surface area contributed by atoms with Gasteiger partial charge in [-0.05, 0) is 38.8 Å². The Morgan fingerprint density at radius 3 is 1.73 bits per heavy atom. The zero-order valence-electron chi connectivity index (χ0n) is 26.2. The first-order valence-electron chi connectivity index (χ1n) is 16.3. The van der Waals surface area contributed by atoms with Crippen molar-refractivity contribution in [1.29, 1.82) is 0 Å². The van der Waals surface area contributed by atoms with Crippen LogP contribution in [-0.2, 0) is 14.3 Å². The lowest BCUT2D eigenvalue weighted by atomic mass is 10.0. The summed E-state index contributed by atoms with van der Waals surface area (Å²) in [4.78, 5) is 21.8. The van der Waals surface area contributed by atoms with Crippen LogP contribution in [0.15, 0.2) is 18.3 Å². The molecule has 0 unspecified atom stereocenters. The second kappa shape index (κ2) is 21.1. The fourth-order valence-corrected chi connectivity index (χ4v) is 5.81. The van der Waals surface area contributed by atoms with E-state index >= 15 is 0 Å². The van der Waals surface area contributed by atoms with E-state index in [-0.39, 0.29) is 5.91 Å². The van der Waals surface area contributed by atoms with Crippen LogP contribution in [0.25, 0.3) is 0 Å². The maximum absolute atomic E-state index is 12.5. The molecular formula is C32H58N4O4S. The third-order valence-corrected chi connectivity index (χ3v) is 8.63. The SMILES string of the molecule is CC(C)N1CCN(c2ccc(C(=O)NCCCCCCCCCCCCCCCCCCOS(C)(=O)=O)cn2)CC1. The maximum Gasteiger partial charge on any atom is 0.264 e. The number of rotatable bonds is 23. The molecule has 8 nitrogen and oxygen atoms in total. The largest absolute Gasteiger partial charge is 0.354 e. The molecule has 0 spiro atoms. The zero-order chi connectivity index (χ0) is 29.8. The van der Waals surface area contributed by atoms with Crippen molar-refractivity contribution >= 4 is 21.8 Å². The molecule has 1 amide bonds. The van der Waals surface area contributed by atoms with Gasteiger partial charge in [-0.3, -0.25) is 13.9 Å². The molecule has 2 heterocycles. The molecule has 0 aliphatic carbocycles. The molecule has 1 saturated heterocycles. The number of nitrogens with one attached hydrogen (secondary N) is 1. The number of aromatic nitrogens is 1. The monoisotopic (exact) mass is 594 g/mol. The van der Waals surface area contributed by atoms with Crippen LogP contribution in [0.1, 0.15) is 127 Å². The standard InChI is InChI=1S/C32H58N4O4S/c1-29(2)35-23-25-36(26-24-35)31-21-20-30(28-34-31)32(37)33-22-18-16-14-12-10-8-6-4-5-7-9-11-13-15-17-19-27-40-41(3,38)39/h20-21,28-29H,4-19,22-27H2,1-3H3,(H,33,37). The van der Waals surface area contributed by atoms with Crippen molar-refractivity contribution in [2.24, 2.45) is 0 Å². The number of piperazine rings is 1. The van der Waals surface area contributed by atoms with Crippen molar-refractivity contribution in [2.45, 2.75) is 123 Å². The molecule has 0 saturated carbocycles. The third-order valence-electron chi connectivity index (χ3n) is 8.03. The third kappa shape index (κ3) is 17.1. The average molecular weight is 595 g/mol. The summed E-state index contributed by atoms with van der Waals surface area (Å²) in [6.07, 6.45) is 22.5. The Morgan fingerprint density at radius 1 is 0.805 bits per heavy atom. The van der Waals surface area contributed by atoms with Gasteiger partial charge in [0.15, 0.2) is 0 Å². The minimum absolute atomic E-state index is 0.0225. The summed E-state index contributed by atoms with van der Waals surface area (Å²) in [6, 6.07) is 4.47. The van der Waals surface area contributed by atoms with Gasteiger partial charge in [0.05, 0.1) is 18.4 Å². The lowest BCUT2D eigenvalue weighted by Gasteiger charge is -2.37. The van der Waals surface area contributed by atoms with Gasteiger partial charge in [0.25, 0.3) is 16.0 Å². The van der Waals surface area contributed by atoms with E-state index in [4.69, 9.17) is 4.18 Å². The molecule has 0 aromatic carbocycles. The van der Waals surface area contributed by atoms with Gasteiger partial charge in [-0.2, -0.15) is 8.42 Å². The van der Waals surface area contributed by atoms with E-state index in [2.05, 4.69) is 33.9 Å². The van der Waals surface area contributed by atoms with Crippen molar-refractivity contribution in [2.75, 3.05) is 50.5 Å². The van der Waals surface area contributed by atoms with Crippen LogP contribution in [-0.4, -0.2) is 75.8 Å². The lowest BCUT2D eigenvalue weighted by molar-refractivity contribution is 0.0952. The summed E-state index contributed by atoms with van der Waals surface area (Å²) >= 11 is 0. The van der Waals surface area contributed by atoms with Crippen molar-refractivity contribution < 1.29 is 17.4 Å². The molecule has 0 bridgehead atoms. The van der Waals surface area contributed by atoms with Gasteiger partial charge in [0.2, 0.25) is 0 Å². The molecule has 1 N–H and O–H groups in total. The van der Waals surface area contributed by atoms with Gasteiger partial charge >= 0.3 is 0 Å². The highest BCUT2D eigenvalue weighted by molar-refractivity contribution is 7.85. The topological polar surface area (TPSA) is 91.8 Å². The Balaban J connectivity index is 1.34. The fraction of sp³-hybridized carbons (Fsp3) is 0.812. The first-order chi connectivity index (χ1) is 19.8.